The van der Waals surface area contributed by atoms with Crippen molar-refractivity contribution in [1.82, 2.24) is 5.32 Å². The van der Waals surface area contributed by atoms with Gasteiger partial charge in [0.25, 0.3) is 0 Å². The van der Waals surface area contributed by atoms with Crippen LogP contribution >= 0.6 is 11.8 Å². The molecule has 1 unspecified atom stereocenters. The highest BCUT2D eigenvalue weighted by atomic mass is 32.2. The third kappa shape index (κ3) is 2.61. The first-order valence-corrected chi connectivity index (χ1v) is 6.48. The molecule has 2 nitrogen and oxygen atoms in total. The van der Waals surface area contributed by atoms with Crippen molar-refractivity contribution in [1.29, 1.82) is 0 Å². The maximum atomic E-state index is 10.1. The van der Waals surface area contributed by atoms with Crippen LogP contribution in [0.1, 0.15) is 32.1 Å². The summed E-state index contributed by atoms with van der Waals surface area (Å²) < 4.78 is 0. The highest BCUT2D eigenvalue weighted by Gasteiger charge is 2.32. The number of aliphatic hydroxyl groups is 1. The zero-order chi connectivity index (χ0) is 9.15. The van der Waals surface area contributed by atoms with E-state index in [4.69, 9.17) is 0 Å². The lowest BCUT2D eigenvalue weighted by Gasteiger charge is -2.24. The lowest BCUT2D eigenvalue weighted by Crippen LogP contribution is -2.43. The van der Waals surface area contributed by atoms with Crippen LogP contribution in [0.4, 0.5) is 0 Å². The maximum absolute atomic E-state index is 10.1. The van der Waals surface area contributed by atoms with E-state index in [2.05, 4.69) is 5.32 Å². The van der Waals surface area contributed by atoms with E-state index >= 15 is 0 Å². The Morgan fingerprint density at radius 1 is 1.38 bits per heavy atom. The summed E-state index contributed by atoms with van der Waals surface area (Å²) in [6.45, 7) is 0.810. The first kappa shape index (κ1) is 9.81. The predicted octanol–water partition coefficient (Wildman–Crippen LogP) is 1.39. The first-order valence-electron chi connectivity index (χ1n) is 5.32. The minimum Gasteiger partial charge on any atom is -0.388 e. The quantitative estimate of drug-likeness (QED) is 0.723. The Bertz CT molecular complexity index is 162. The zero-order valence-electron chi connectivity index (χ0n) is 8.09. The molecule has 1 saturated heterocycles. The van der Waals surface area contributed by atoms with E-state index in [1.54, 1.807) is 0 Å². The molecule has 2 aliphatic rings. The topological polar surface area (TPSA) is 32.3 Å². The highest BCUT2D eigenvalue weighted by molar-refractivity contribution is 7.99. The minimum atomic E-state index is -0.396. The van der Waals surface area contributed by atoms with Gasteiger partial charge in [-0.05, 0) is 25.0 Å². The van der Waals surface area contributed by atoms with Gasteiger partial charge >= 0.3 is 0 Å². The molecule has 2 rings (SSSR count). The summed E-state index contributed by atoms with van der Waals surface area (Å²) in [7, 11) is 0. The van der Waals surface area contributed by atoms with Crippen molar-refractivity contribution in [2.75, 3.05) is 18.1 Å². The van der Waals surface area contributed by atoms with Crippen LogP contribution in [0.15, 0.2) is 0 Å². The van der Waals surface area contributed by atoms with Gasteiger partial charge in [0.1, 0.15) is 0 Å². The van der Waals surface area contributed by atoms with E-state index in [-0.39, 0.29) is 0 Å². The molecule has 2 fully saturated rings. The van der Waals surface area contributed by atoms with Crippen molar-refractivity contribution in [2.24, 2.45) is 0 Å². The average Bonchev–Trinajstić information content (AvgIpc) is 2.72. The zero-order valence-corrected chi connectivity index (χ0v) is 8.91. The van der Waals surface area contributed by atoms with Crippen LogP contribution in [-0.2, 0) is 0 Å². The molecule has 1 aliphatic carbocycles. The second-order valence-corrected chi connectivity index (χ2v) is 5.49. The van der Waals surface area contributed by atoms with Gasteiger partial charge in [0, 0.05) is 18.3 Å². The average molecular weight is 201 g/mol. The largest absolute Gasteiger partial charge is 0.388 e. The van der Waals surface area contributed by atoms with Gasteiger partial charge in [-0.1, -0.05) is 12.8 Å². The standard InChI is InChI=1S/C10H19NOS/c12-10(5-6-13-8-10)7-11-9-3-1-2-4-9/h9,11-12H,1-8H2. The molecule has 1 atom stereocenters. The van der Waals surface area contributed by atoms with Gasteiger partial charge in [-0.15, -0.1) is 0 Å². The molecular formula is C10H19NOS. The Morgan fingerprint density at radius 2 is 2.15 bits per heavy atom. The van der Waals surface area contributed by atoms with E-state index in [0.29, 0.717) is 6.04 Å². The summed E-state index contributed by atoms with van der Waals surface area (Å²) in [4.78, 5) is 0. The number of rotatable bonds is 3. The van der Waals surface area contributed by atoms with Crippen LogP contribution in [-0.4, -0.2) is 34.8 Å². The molecule has 0 amide bonds. The number of hydrogen-bond acceptors (Lipinski definition) is 3. The lowest BCUT2D eigenvalue weighted by atomic mass is 10.0. The fourth-order valence-electron chi connectivity index (χ4n) is 2.20. The van der Waals surface area contributed by atoms with E-state index in [1.807, 2.05) is 11.8 Å². The first-order chi connectivity index (χ1) is 6.29. The predicted molar refractivity (Wildman–Crippen MR) is 57.2 cm³/mol. The second kappa shape index (κ2) is 4.20. The van der Waals surface area contributed by atoms with Crippen molar-refractivity contribution in [3.63, 3.8) is 0 Å². The molecule has 0 spiro atoms. The van der Waals surface area contributed by atoms with Crippen molar-refractivity contribution in [3.8, 4) is 0 Å². The third-order valence-corrected chi connectivity index (χ3v) is 4.39. The molecule has 0 aromatic carbocycles. The van der Waals surface area contributed by atoms with Crippen molar-refractivity contribution >= 4 is 11.8 Å². The van der Waals surface area contributed by atoms with Gasteiger partial charge in [-0.25, -0.2) is 0 Å². The van der Waals surface area contributed by atoms with Crippen LogP contribution in [0.25, 0.3) is 0 Å². The molecule has 0 aromatic heterocycles. The van der Waals surface area contributed by atoms with Crippen LogP contribution in [0.3, 0.4) is 0 Å². The summed E-state index contributed by atoms with van der Waals surface area (Å²) in [6, 6.07) is 0.689. The monoisotopic (exact) mass is 201 g/mol. The summed E-state index contributed by atoms with van der Waals surface area (Å²) >= 11 is 1.87. The number of nitrogens with one attached hydrogen (secondary N) is 1. The van der Waals surface area contributed by atoms with Gasteiger partial charge in [0.2, 0.25) is 0 Å². The van der Waals surface area contributed by atoms with Crippen molar-refractivity contribution in [2.45, 2.75) is 43.7 Å². The molecular weight excluding hydrogens is 182 g/mol. The fraction of sp³-hybridized carbons (Fsp3) is 1.00. The molecule has 1 heterocycles. The molecule has 13 heavy (non-hydrogen) atoms. The summed E-state index contributed by atoms with van der Waals surface area (Å²) in [6.07, 6.45) is 6.32. The summed E-state index contributed by atoms with van der Waals surface area (Å²) in [5.41, 5.74) is -0.396. The molecule has 0 radical (unpaired) electrons. The van der Waals surface area contributed by atoms with Crippen molar-refractivity contribution in [3.05, 3.63) is 0 Å². The van der Waals surface area contributed by atoms with Crippen molar-refractivity contribution < 1.29 is 5.11 Å². The molecule has 0 bridgehead atoms. The van der Waals surface area contributed by atoms with Crippen LogP contribution < -0.4 is 5.32 Å². The van der Waals surface area contributed by atoms with Crippen LogP contribution in [0.5, 0.6) is 0 Å². The normalized spacial score (nSPS) is 35.8. The Hall–Kier alpha value is 0.270. The summed E-state index contributed by atoms with van der Waals surface area (Å²) in [5.74, 6) is 2.05. The Kier molecular flexibility index (Phi) is 3.17. The minimum absolute atomic E-state index is 0.396. The third-order valence-electron chi connectivity index (χ3n) is 3.16. The second-order valence-electron chi connectivity index (χ2n) is 4.39. The van der Waals surface area contributed by atoms with E-state index in [0.717, 1.165) is 24.5 Å². The Labute approximate surface area is 84.5 Å². The van der Waals surface area contributed by atoms with Gasteiger partial charge in [0.05, 0.1) is 5.60 Å². The van der Waals surface area contributed by atoms with Crippen LogP contribution in [0.2, 0.25) is 0 Å². The van der Waals surface area contributed by atoms with E-state index in [9.17, 15) is 5.11 Å². The molecule has 3 heteroatoms. The van der Waals surface area contributed by atoms with E-state index < -0.39 is 5.60 Å². The lowest BCUT2D eigenvalue weighted by molar-refractivity contribution is 0.0648. The van der Waals surface area contributed by atoms with Gasteiger partial charge in [-0.3, -0.25) is 0 Å². The van der Waals surface area contributed by atoms with E-state index in [1.165, 1.54) is 25.7 Å². The number of hydrogen-bond donors (Lipinski definition) is 2. The smallest absolute Gasteiger partial charge is 0.0869 e. The van der Waals surface area contributed by atoms with Crippen LogP contribution in [0, 0.1) is 0 Å². The summed E-state index contributed by atoms with van der Waals surface area (Å²) in [5, 5.41) is 13.6. The van der Waals surface area contributed by atoms with Gasteiger partial charge in [0.15, 0.2) is 0 Å². The van der Waals surface area contributed by atoms with Gasteiger partial charge < -0.3 is 10.4 Å². The molecule has 1 saturated carbocycles. The highest BCUT2D eigenvalue weighted by Crippen LogP contribution is 2.27. The Balaban J connectivity index is 1.71. The SMILES string of the molecule is OC1(CNC2CCCC2)CCSC1. The molecule has 76 valence electrons. The number of thioether (sulfide) groups is 1. The molecule has 0 aromatic rings. The van der Waals surface area contributed by atoms with Gasteiger partial charge in [-0.2, -0.15) is 11.8 Å². The Morgan fingerprint density at radius 3 is 2.77 bits per heavy atom. The fourth-order valence-corrected chi connectivity index (χ4v) is 3.50. The maximum Gasteiger partial charge on any atom is 0.0869 e. The molecule has 2 N–H and O–H groups in total. The molecule has 1 aliphatic heterocycles.